The Balaban J connectivity index is 1.72. The van der Waals surface area contributed by atoms with Gasteiger partial charge in [-0.25, -0.2) is 0 Å². The van der Waals surface area contributed by atoms with Crippen LogP contribution in [0.4, 0.5) is 0 Å². The second-order valence-electron chi connectivity index (χ2n) is 9.03. The van der Waals surface area contributed by atoms with E-state index in [1.54, 1.807) is 30.3 Å². The molecule has 1 heterocycles. The number of methoxy groups -OCH3 is 2. The van der Waals surface area contributed by atoms with Gasteiger partial charge in [0.05, 0.1) is 27.4 Å². The highest BCUT2D eigenvalue weighted by Gasteiger charge is 2.42. The highest BCUT2D eigenvalue weighted by molar-refractivity contribution is 5.53. The molecule has 7 unspecified atom stereocenters. The fraction of sp³-hybridized carbons (Fsp3) is 0.520. The average Bonchev–Trinajstić information content (AvgIpc) is 2.85. The lowest BCUT2D eigenvalue weighted by atomic mass is 9.67. The Labute approximate surface area is 202 Å². The normalized spacial score (nSPS) is 30.5. The van der Waals surface area contributed by atoms with E-state index in [-0.39, 0.29) is 43.2 Å². The Bertz CT molecular complexity index is 1030. The summed E-state index contributed by atoms with van der Waals surface area (Å²) in [7, 11) is 2.92. The van der Waals surface area contributed by atoms with E-state index in [1.165, 1.54) is 14.2 Å². The molecule has 0 bridgehead atoms. The average molecular weight is 493 g/mol. The summed E-state index contributed by atoms with van der Waals surface area (Å²) in [6.07, 6.45) is -4.76. The lowest BCUT2D eigenvalue weighted by Gasteiger charge is -2.41. The van der Waals surface area contributed by atoms with Gasteiger partial charge in [-0.05, 0) is 59.2 Å². The third-order valence-corrected chi connectivity index (χ3v) is 7.00. The van der Waals surface area contributed by atoms with Crippen LogP contribution in [0.5, 0.6) is 23.0 Å². The van der Waals surface area contributed by atoms with Crippen LogP contribution in [0.2, 0.25) is 0 Å². The Morgan fingerprint density at radius 2 is 1.66 bits per heavy atom. The summed E-state index contributed by atoms with van der Waals surface area (Å²) in [4.78, 5) is 0. The predicted molar refractivity (Wildman–Crippen MR) is 123 cm³/mol. The molecular formula is C25H32O10. The molecular weight excluding hydrogens is 460 g/mol. The van der Waals surface area contributed by atoms with E-state index in [4.69, 9.17) is 18.9 Å². The van der Waals surface area contributed by atoms with Crippen LogP contribution in [0.3, 0.4) is 0 Å². The first-order chi connectivity index (χ1) is 16.8. The van der Waals surface area contributed by atoms with E-state index >= 15 is 0 Å². The molecule has 6 N–H and O–H groups in total. The van der Waals surface area contributed by atoms with Gasteiger partial charge in [-0.15, -0.1) is 0 Å². The number of aromatic hydroxyl groups is 2. The van der Waals surface area contributed by atoms with Crippen LogP contribution in [0.15, 0.2) is 30.3 Å². The van der Waals surface area contributed by atoms with Gasteiger partial charge in [0.2, 0.25) is 0 Å². The van der Waals surface area contributed by atoms with Gasteiger partial charge in [0, 0.05) is 12.5 Å². The summed E-state index contributed by atoms with van der Waals surface area (Å²) in [5.74, 6) is -0.522. The van der Waals surface area contributed by atoms with Crippen molar-refractivity contribution in [3.8, 4) is 23.0 Å². The van der Waals surface area contributed by atoms with Crippen LogP contribution in [0, 0.1) is 11.8 Å². The fourth-order valence-corrected chi connectivity index (χ4v) is 5.08. The molecule has 0 aromatic heterocycles. The number of ether oxygens (including phenoxy) is 4. The van der Waals surface area contributed by atoms with Crippen LogP contribution >= 0.6 is 0 Å². The minimum atomic E-state index is -1.45. The Morgan fingerprint density at radius 1 is 0.943 bits per heavy atom. The van der Waals surface area contributed by atoms with Crippen molar-refractivity contribution in [2.45, 2.75) is 36.9 Å². The maximum absolute atomic E-state index is 10.5. The van der Waals surface area contributed by atoms with Crippen molar-refractivity contribution >= 4 is 0 Å². The van der Waals surface area contributed by atoms with Gasteiger partial charge in [-0.3, -0.25) is 0 Å². The van der Waals surface area contributed by atoms with Crippen molar-refractivity contribution < 1.29 is 49.6 Å². The molecule has 0 spiro atoms. The van der Waals surface area contributed by atoms with Gasteiger partial charge in [-0.1, -0.05) is 6.07 Å². The molecule has 192 valence electrons. The van der Waals surface area contributed by atoms with Gasteiger partial charge in [0.25, 0.3) is 0 Å². The minimum Gasteiger partial charge on any atom is -0.504 e. The van der Waals surface area contributed by atoms with Crippen molar-refractivity contribution in [3.05, 3.63) is 47.0 Å². The third kappa shape index (κ3) is 4.90. The van der Waals surface area contributed by atoms with Gasteiger partial charge in [0.1, 0.15) is 18.3 Å². The van der Waals surface area contributed by atoms with Crippen molar-refractivity contribution in [1.82, 2.24) is 0 Å². The summed E-state index contributed by atoms with van der Waals surface area (Å²) < 4.78 is 21.7. The Morgan fingerprint density at radius 3 is 2.31 bits per heavy atom. The molecule has 1 aliphatic heterocycles. The standard InChI is InChI=1S/C25H32O10/c1-32-20-4-3-12(6-17(20)27)22-15-8-18(28)21(33-2)7-13(15)5-14(9-26)16(22)10-34-25-24(31)23(30)19(29)11-35-25/h3-4,6-8,14,16,19,22-31H,5,9-11H2,1-2H3. The number of hydrogen-bond donors (Lipinski definition) is 6. The van der Waals surface area contributed by atoms with Crippen molar-refractivity contribution in [2.24, 2.45) is 11.8 Å². The van der Waals surface area contributed by atoms with E-state index in [1.807, 2.05) is 0 Å². The van der Waals surface area contributed by atoms with Crippen LogP contribution in [0.1, 0.15) is 22.6 Å². The molecule has 0 radical (unpaired) electrons. The number of hydrogen-bond acceptors (Lipinski definition) is 10. The first kappa shape index (κ1) is 25.5. The van der Waals surface area contributed by atoms with Gasteiger partial charge in [0.15, 0.2) is 29.3 Å². The number of rotatable bonds is 7. The van der Waals surface area contributed by atoms with Crippen LogP contribution in [0.25, 0.3) is 0 Å². The van der Waals surface area contributed by atoms with Gasteiger partial charge < -0.3 is 49.6 Å². The molecule has 10 nitrogen and oxygen atoms in total. The van der Waals surface area contributed by atoms with Gasteiger partial charge >= 0.3 is 0 Å². The summed E-state index contributed by atoms with van der Waals surface area (Å²) in [5, 5.41) is 61.2. The zero-order valence-electron chi connectivity index (χ0n) is 19.6. The van der Waals surface area contributed by atoms with E-state index in [9.17, 15) is 30.6 Å². The zero-order valence-corrected chi connectivity index (χ0v) is 19.6. The summed E-state index contributed by atoms with van der Waals surface area (Å²) >= 11 is 0. The summed E-state index contributed by atoms with van der Waals surface area (Å²) in [5.41, 5.74) is 2.37. The first-order valence-corrected chi connectivity index (χ1v) is 11.4. The second kappa shape index (κ2) is 10.6. The number of aliphatic hydroxyl groups is 4. The fourth-order valence-electron chi connectivity index (χ4n) is 5.08. The minimum absolute atomic E-state index is 0.0272. The van der Waals surface area contributed by atoms with E-state index in [0.29, 0.717) is 23.5 Å². The largest absolute Gasteiger partial charge is 0.504 e. The molecule has 7 atom stereocenters. The molecule has 2 aromatic rings. The first-order valence-electron chi connectivity index (χ1n) is 11.4. The lowest BCUT2D eigenvalue weighted by molar-refractivity contribution is -0.274. The molecule has 1 aliphatic carbocycles. The second-order valence-corrected chi connectivity index (χ2v) is 9.03. The van der Waals surface area contributed by atoms with Crippen LogP contribution < -0.4 is 9.47 Å². The topological polar surface area (TPSA) is 158 Å². The highest BCUT2D eigenvalue weighted by atomic mass is 16.7. The predicted octanol–water partition coefficient (Wildman–Crippen LogP) is 0.483. The number of benzene rings is 2. The van der Waals surface area contributed by atoms with Crippen molar-refractivity contribution in [3.63, 3.8) is 0 Å². The SMILES string of the molecule is COc1ccc(C2c3cc(O)c(OC)cc3CC(CO)C2COC2OCC(O)C(O)C2O)cc1O. The monoisotopic (exact) mass is 492 g/mol. The smallest absolute Gasteiger partial charge is 0.186 e. The zero-order chi connectivity index (χ0) is 25.3. The maximum Gasteiger partial charge on any atom is 0.186 e. The van der Waals surface area contributed by atoms with Crippen LogP contribution in [-0.4, -0.2) is 89.3 Å². The molecule has 1 fully saturated rings. The Hall–Kier alpha value is -2.60. The highest BCUT2D eigenvalue weighted by Crippen LogP contribution is 2.48. The molecule has 2 aliphatic rings. The van der Waals surface area contributed by atoms with Gasteiger partial charge in [-0.2, -0.15) is 0 Å². The van der Waals surface area contributed by atoms with E-state index in [2.05, 4.69) is 0 Å². The number of phenolic OH excluding ortho intramolecular Hbond substituents is 2. The third-order valence-electron chi connectivity index (χ3n) is 7.00. The Kier molecular flexibility index (Phi) is 7.70. The molecule has 2 aromatic carbocycles. The maximum atomic E-state index is 10.5. The summed E-state index contributed by atoms with van der Waals surface area (Å²) in [6.45, 7) is -0.326. The molecule has 0 amide bonds. The molecule has 10 heteroatoms. The molecule has 0 saturated carbocycles. The van der Waals surface area contributed by atoms with E-state index < -0.39 is 30.5 Å². The summed E-state index contributed by atoms with van der Waals surface area (Å²) in [6, 6.07) is 8.37. The van der Waals surface area contributed by atoms with Crippen molar-refractivity contribution in [1.29, 1.82) is 0 Å². The van der Waals surface area contributed by atoms with E-state index in [0.717, 1.165) is 11.1 Å². The molecule has 4 rings (SSSR count). The van der Waals surface area contributed by atoms with Crippen molar-refractivity contribution in [2.75, 3.05) is 34.0 Å². The number of aliphatic hydroxyl groups excluding tert-OH is 4. The molecule has 1 saturated heterocycles. The number of phenols is 2. The number of fused-ring (bicyclic) bond motifs is 1. The lowest BCUT2D eigenvalue weighted by Crippen LogP contribution is -2.54. The quantitative estimate of drug-likeness (QED) is 0.321. The molecule has 35 heavy (non-hydrogen) atoms. The van der Waals surface area contributed by atoms with Crippen LogP contribution in [-0.2, 0) is 15.9 Å².